The zero-order chi connectivity index (χ0) is 16.9. The smallest absolute Gasteiger partial charge is 0.242 e. The van der Waals surface area contributed by atoms with Crippen molar-refractivity contribution in [3.8, 4) is 0 Å². The molecule has 0 bridgehead atoms. The van der Waals surface area contributed by atoms with E-state index < -0.39 is 0 Å². The Bertz CT molecular complexity index is 732. The first-order valence-electron chi connectivity index (χ1n) is 8.32. The molecule has 0 radical (unpaired) electrons. The van der Waals surface area contributed by atoms with Gasteiger partial charge in [-0.2, -0.15) is 0 Å². The van der Waals surface area contributed by atoms with Gasteiger partial charge in [0, 0.05) is 43.7 Å². The predicted molar refractivity (Wildman–Crippen MR) is 91.7 cm³/mol. The third-order valence-corrected chi connectivity index (χ3v) is 4.31. The molecule has 0 saturated carbocycles. The van der Waals surface area contributed by atoms with E-state index in [1.807, 2.05) is 33.9 Å². The van der Waals surface area contributed by atoms with E-state index in [0.29, 0.717) is 39.4 Å². The number of para-hydroxylation sites is 1. The molecule has 128 valence electrons. The minimum absolute atomic E-state index is 0.0266. The third kappa shape index (κ3) is 3.76. The van der Waals surface area contributed by atoms with Gasteiger partial charge in [0.05, 0.1) is 13.2 Å². The van der Waals surface area contributed by atoms with E-state index in [2.05, 4.69) is 11.4 Å². The molecular weight excluding hydrogens is 306 g/mol. The summed E-state index contributed by atoms with van der Waals surface area (Å²) in [5.74, 6) is 0.0914. The molecule has 3 rings (SSSR count). The average molecular weight is 329 g/mol. The number of carbonyl (C=O) groups is 2. The maximum absolute atomic E-state index is 12.5. The van der Waals surface area contributed by atoms with E-state index in [9.17, 15) is 9.59 Å². The number of hydrogen-bond donors (Lipinski definition) is 1. The van der Waals surface area contributed by atoms with E-state index in [-0.39, 0.29) is 11.8 Å². The molecule has 1 saturated heterocycles. The van der Waals surface area contributed by atoms with Crippen LogP contribution in [0.4, 0.5) is 0 Å². The number of amides is 2. The van der Waals surface area contributed by atoms with Gasteiger partial charge in [0.15, 0.2) is 0 Å². The fourth-order valence-corrected chi connectivity index (χ4v) is 3.08. The maximum Gasteiger partial charge on any atom is 0.242 e. The molecule has 2 aromatic rings. The Morgan fingerprint density at radius 1 is 1.21 bits per heavy atom. The molecule has 0 unspecified atom stereocenters. The quantitative estimate of drug-likeness (QED) is 0.896. The second-order valence-electron chi connectivity index (χ2n) is 6.03. The molecule has 1 aromatic carbocycles. The molecule has 1 aliphatic rings. The van der Waals surface area contributed by atoms with Crippen LogP contribution in [0.3, 0.4) is 0 Å². The monoisotopic (exact) mass is 329 g/mol. The molecule has 1 aromatic heterocycles. The lowest BCUT2D eigenvalue weighted by Gasteiger charge is -2.27. The van der Waals surface area contributed by atoms with Gasteiger partial charge in [-0.15, -0.1) is 0 Å². The van der Waals surface area contributed by atoms with Crippen LogP contribution in [-0.4, -0.2) is 54.1 Å². The van der Waals surface area contributed by atoms with E-state index in [0.717, 1.165) is 22.9 Å². The van der Waals surface area contributed by atoms with E-state index >= 15 is 0 Å². The Morgan fingerprint density at radius 2 is 1.96 bits per heavy atom. The van der Waals surface area contributed by atoms with Gasteiger partial charge in [-0.1, -0.05) is 18.2 Å². The third-order valence-electron chi connectivity index (χ3n) is 4.31. The molecular formula is C18H23N3O3. The van der Waals surface area contributed by atoms with Crippen molar-refractivity contribution in [1.29, 1.82) is 0 Å². The van der Waals surface area contributed by atoms with Gasteiger partial charge in [-0.25, -0.2) is 0 Å². The van der Waals surface area contributed by atoms with Crippen molar-refractivity contribution in [1.82, 2.24) is 14.8 Å². The second-order valence-corrected chi connectivity index (χ2v) is 6.03. The Balaban J connectivity index is 1.77. The summed E-state index contributed by atoms with van der Waals surface area (Å²) < 4.78 is 7.31. The largest absolute Gasteiger partial charge is 0.378 e. The Hall–Kier alpha value is -2.34. The van der Waals surface area contributed by atoms with Crippen LogP contribution < -0.4 is 5.32 Å². The zero-order valence-corrected chi connectivity index (χ0v) is 14.0. The summed E-state index contributed by atoms with van der Waals surface area (Å²) in [6.45, 7) is 4.99. The number of nitrogens with one attached hydrogen (secondary N) is 1. The first kappa shape index (κ1) is 16.5. The van der Waals surface area contributed by atoms with Gasteiger partial charge < -0.3 is 19.5 Å². The summed E-state index contributed by atoms with van der Waals surface area (Å²) >= 11 is 0. The highest BCUT2D eigenvalue weighted by molar-refractivity contribution is 5.86. The molecule has 0 atom stereocenters. The van der Waals surface area contributed by atoms with Crippen molar-refractivity contribution in [2.75, 3.05) is 32.8 Å². The molecule has 2 heterocycles. The van der Waals surface area contributed by atoms with Crippen LogP contribution >= 0.6 is 0 Å². The summed E-state index contributed by atoms with van der Waals surface area (Å²) in [6, 6.07) is 8.08. The zero-order valence-electron chi connectivity index (χ0n) is 14.0. The fourth-order valence-electron chi connectivity index (χ4n) is 3.08. The van der Waals surface area contributed by atoms with Crippen LogP contribution in [-0.2, 0) is 27.3 Å². The summed E-state index contributed by atoms with van der Waals surface area (Å²) in [5, 5.41) is 3.96. The normalized spacial score (nSPS) is 14.8. The van der Waals surface area contributed by atoms with Gasteiger partial charge in [-0.3, -0.25) is 9.59 Å². The van der Waals surface area contributed by atoms with Crippen molar-refractivity contribution in [2.24, 2.45) is 0 Å². The number of rotatable bonds is 5. The summed E-state index contributed by atoms with van der Waals surface area (Å²) in [4.78, 5) is 25.4. The van der Waals surface area contributed by atoms with Crippen molar-refractivity contribution in [2.45, 2.75) is 19.9 Å². The van der Waals surface area contributed by atoms with Crippen molar-refractivity contribution >= 4 is 22.7 Å². The van der Waals surface area contributed by atoms with Gasteiger partial charge in [0.1, 0.15) is 6.54 Å². The number of morpholine rings is 1. The second kappa shape index (κ2) is 7.49. The van der Waals surface area contributed by atoms with Crippen LogP contribution in [0.1, 0.15) is 12.5 Å². The molecule has 0 spiro atoms. The molecule has 1 aliphatic heterocycles. The van der Waals surface area contributed by atoms with Gasteiger partial charge in [-0.05, 0) is 18.1 Å². The van der Waals surface area contributed by atoms with Crippen LogP contribution in [0, 0.1) is 0 Å². The highest BCUT2D eigenvalue weighted by Crippen LogP contribution is 2.22. The SMILES string of the molecule is CC(=O)NCCc1cn(CC(=O)N2CCOCC2)c2ccccc12. The number of benzene rings is 1. The molecule has 6 heteroatoms. The molecule has 6 nitrogen and oxygen atoms in total. The molecule has 24 heavy (non-hydrogen) atoms. The van der Waals surface area contributed by atoms with Crippen molar-refractivity contribution < 1.29 is 14.3 Å². The van der Waals surface area contributed by atoms with Crippen LogP contribution in [0.15, 0.2) is 30.5 Å². The Kier molecular flexibility index (Phi) is 5.15. The summed E-state index contributed by atoms with van der Waals surface area (Å²) in [7, 11) is 0. The number of carbonyl (C=O) groups excluding carboxylic acids is 2. The number of hydrogen-bond acceptors (Lipinski definition) is 3. The lowest BCUT2D eigenvalue weighted by Crippen LogP contribution is -2.42. The molecule has 0 aliphatic carbocycles. The summed E-state index contributed by atoms with van der Waals surface area (Å²) in [5.41, 5.74) is 2.20. The standard InChI is InChI=1S/C18H23N3O3/c1-14(22)19-7-6-15-12-21(17-5-3-2-4-16(15)17)13-18(23)20-8-10-24-11-9-20/h2-5,12H,6-11,13H2,1H3,(H,19,22). The van der Waals surface area contributed by atoms with Crippen LogP contribution in [0.5, 0.6) is 0 Å². The van der Waals surface area contributed by atoms with Crippen molar-refractivity contribution in [3.05, 3.63) is 36.0 Å². The van der Waals surface area contributed by atoms with E-state index in [1.54, 1.807) is 0 Å². The maximum atomic E-state index is 12.5. The number of ether oxygens (including phenoxy) is 1. The molecule has 1 fully saturated rings. The highest BCUT2D eigenvalue weighted by atomic mass is 16.5. The lowest BCUT2D eigenvalue weighted by molar-refractivity contribution is -0.135. The first-order valence-corrected chi connectivity index (χ1v) is 8.32. The Labute approximate surface area is 141 Å². The van der Waals surface area contributed by atoms with Gasteiger partial charge >= 0.3 is 0 Å². The number of nitrogens with zero attached hydrogens (tertiary/aromatic N) is 2. The van der Waals surface area contributed by atoms with Crippen LogP contribution in [0.25, 0.3) is 10.9 Å². The molecule has 1 N–H and O–H groups in total. The highest BCUT2D eigenvalue weighted by Gasteiger charge is 2.18. The predicted octanol–water partition coefficient (Wildman–Crippen LogP) is 1.18. The number of aromatic nitrogens is 1. The number of fused-ring (bicyclic) bond motifs is 1. The first-order chi connectivity index (χ1) is 11.6. The van der Waals surface area contributed by atoms with Gasteiger partial charge in [0.2, 0.25) is 11.8 Å². The minimum Gasteiger partial charge on any atom is -0.378 e. The fraction of sp³-hybridized carbons (Fsp3) is 0.444. The summed E-state index contributed by atoms with van der Waals surface area (Å²) in [6.07, 6.45) is 2.78. The van der Waals surface area contributed by atoms with Gasteiger partial charge in [0.25, 0.3) is 0 Å². The van der Waals surface area contributed by atoms with Crippen molar-refractivity contribution in [3.63, 3.8) is 0 Å². The van der Waals surface area contributed by atoms with E-state index in [1.165, 1.54) is 6.92 Å². The molecule has 2 amide bonds. The Morgan fingerprint density at radius 3 is 2.71 bits per heavy atom. The van der Waals surface area contributed by atoms with E-state index in [4.69, 9.17) is 4.74 Å². The topological polar surface area (TPSA) is 63.6 Å². The van der Waals surface area contributed by atoms with Crippen LogP contribution in [0.2, 0.25) is 0 Å². The minimum atomic E-state index is -0.0266. The average Bonchev–Trinajstić information content (AvgIpc) is 2.93. The lowest BCUT2D eigenvalue weighted by atomic mass is 10.1.